The molecule has 3 rings (SSSR count). The van der Waals surface area contributed by atoms with Crippen molar-refractivity contribution in [1.29, 1.82) is 0 Å². The minimum atomic E-state index is -1.73. The van der Waals surface area contributed by atoms with Gasteiger partial charge in [-0.1, -0.05) is 0 Å². The van der Waals surface area contributed by atoms with Gasteiger partial charge in [0.05, 0.1) is 0 Å². The van der Waals surface area contributed by atoms with E-state index in [1.54, 1.807) is 0 Å². The van der Waals surface area contributed by atoms with Crippen molar-refractivity contribution >= 4 is 5.78 Å². The number of rotatable bonds is 1. The Hall–Kier alpha value is -3.13. The lowest BCUT2D eigenvalue weighted by Gasteiger charge is -2.32. The Balaban J connectivity index is 2.19. The highest BCUT2D eigenvalue weighted by Crippen LogP contribution is 2.48. The maximum Gasteiger partial charge on any atom is 0.202 e. The minimum absolute atomic E-state index is 0.0262. The van der Waals surface area contributed by atoms with Crippen LogP contribution in [0.5, 0.6) is 34.5 Å². The van der Waals surface area contributed by atoms with Crippen LogP contribution in [0.25, 0.3) is 0 Å². The van der Waals surface area contributed by atoms with Gasteiger partial charge in [-0.2, -0.15) is 0 Å². The van der Waals surface area contributed by atoms with Crippen LogP contribution in [0, 0.1) is 13.8 Å². The van der Waals surface area contributed by atoms with Gasteiger partial charge < -0.3 is 35.4 Å². The number of aliphatic hydroxyl groups excluding tert-OH is 1. The lowest BCUT2D eigenvalue weighted by molar-refractivity contribution is 0.0205. The molecular weight excluding hydrogens is 332 g/mol. The molecule has 2 aromatic carbocycles. The summed E-state index contributed by atoms with van der Waals surface area (Å²) in [5.74, 6) is -3.74. The summed E-state index contributed by atoms with van der Waals surface area (Å²) in [6.45, 7) is 2.90. The zero-order chi connectivity index (χ0) is 18.6. The molecule has 0 spiro atoms. The summed E-state index contributed by atoms with van der Waals surface area (Å²) >= 11 is 0. The van der Waals surface area contributed by atoms with Gasteiger partial charge in [-0.15, -0.1) is 0 Å². The Kier molecular flexibility index (Phi) is 3.65. The number of phenols is 5. The Morgan fingerprint density at radius 3 is 2.00 bits per heavy atom. The Bertz CT molecular complexity index is 879. The number of hydrogen-bond acceptors (Lipinski definition) is 8. The summed E-state index contributed by atoms with van der Waals surface area (Å²) in [5.41, 5.74) is 0.0589. The summed E-state index contributed by atoms with van der Waals surface area (Å²) < 4.78 is 5.60. The van der Waals surface area contributed by atoms with Crippen LogP contribution >= 0.6 is 0 Å². The molecule has 2 unspecified atom stereocenters. The largest absolute Gasteiger partial charge is 0.507 e. The quantitative estimate of drug-likeness (QED) is 0.425. The number of carbonyl (C=O) groups is 1. The molecule has 25 heavy (non-hydrogen) atoms. The molecule has 1 heterocycles. The fourth-order valence-corrected chi connectivity index (χ4v) is 2.88. The minimum Gasteiger partial charge on any atom is -0.507 e. The molecule has 8 heteroatoms. The van der Waals surface area contributed by atoms with Crippen molar-refractivity contribution in [3.63, 3.8) is 0 Å². The highest BCUT2D eigenvalue weighted by molar-refractivity contribution is 6.06. The second-order valence-corrected chi connectivity index (χ2v) is 5.91. The molecule has 0 radical (unpaired) electrons. The molecular formula is C17H16O8. The fourth-order valence-electron chi connectivity index (χ4n) is 2.88. The number of aromatic hydroxyl groups is 5. The number of fused-ring (bicyclic) bond motifs is 1. The van der Waals surface area contributed by atoms with Gasteiger partial charge >= 0.3 is 0 Å². The molecule has 0 bridgehead atoms. The first-order chi connectivity index (χ1) is 11.6. The number of Topliss-reactive ketones (excluding diaryl/α,β-unsaturated/α-hetero) is 1. The molecule has 8 nitrogen and oxygen atoms in total. The van der Waals surface area contributed by atoms with Crippen LogP contribution < -0.4 is 4.74 Å². The first-order valence-corrected chi connectivity index (χ1v) is 7.34. The first kappa shape index (κ1) is 16.7. The zero-order valence-corrected chi connectivity index (χ0v) is 13.3. The normalized spacial score (nSPS) is 19.4. The van der Waals surface area contributed by atoms with Crippen molar-refractivity contribution in [2.45, 2.75) is 26.1 Å². The van der Waals surface area contributed by atoms with Gasteiger partial charge in [-0.05, 0) is 26.0 Å². The van der Waals surface area contributed by atoms with E-state index in [1.807, 2.05) is 0 Å². The highest BCUT2D eigenvalue weighted by atomic mass is 16.5. The summed E-state index contributed by atoms with van der Waals surface area (Å²) in [6, 6.07) is 2.06. The third-order valence-corrected chi connectivity index (χ3v) is 4.34. The molecule has 1 aliphatic heterocycles. The van der Waals surface area contributed by atoms with Crippen molar-refractivity contribution in [3.8, 4) is 34.5 Å². The fraction of sp³-hybridized carbons (Fsp3) is 0.235. The predicted octanol–water partition coefficient (Wildman–Crippen LogP) is 1.51. The topological polar surface area (TPSA) is 148 Å². The first-order valence-electron chi connectivity index (χ1n) is 7.34. The average molecular weight is 348 g/mol. The number of phenolic OH excluding ortho intramolecular Hbond substituents is 5. The van der Waals surface area contributed by atoms with E-state index in [1.165, 1.54) is 13.8 Å². The number of ether oxygens (including phenoxy) is 1. The average Bonchev–Trinajstić information content (AvgIpc) is 2.57. The molecule has 0 aliphatic carbocycles. The molecule has 0 saturated carbocycles. The number of ketones is 1. The van der Waals surface area contributed by atoms with Gasteiger partial charge in [0.25, 0.3) is 0 Å². The molecule has 1 aliphatic rings. The van der Waals surface area contributed by atoms with Gasteiger partial charge in [-0.25, -0.2) is 0 Å². The third kappa shape index (κ3) is 2.30. The SMILES string of the molecule is Cc1c(O)c(C)c2c(c1O)C(=O)C(O)C(c1cc(O)c(O)c(O)c1)O2. The zero-order valence-electron chi connectivity index (χ0n) is 13.3. The Morgan fingerprint density at radius 2 is 1.44 bits per heavy atom. The second kappa shape index (κ2) is 5.45. The van der Waals surface area contributed by atoms with Crippen LogP contribution in [0.15, 0.2) is 12.1 Å². The van der Waals surface area contributed by atoms with Crippen LogP contribution in [-0.4, -0.2) is 42.5 Å². The number of aliphatic hydroxyl groups is 1. The summed E-state index contributed by atoms with van der Waals surface area (Å²) in [7, 11) is 0. The van der Waals surface area contributed by atoms with Crippen LogP contribution in [-0.2, 0) is 0 Å². The number of benzene rings is 2. The van der Waals surface area contributed by atoms with Crippen molar-refractivity contribution < 1.29 is 40.2 Å². The lowest BCUT2D eigenvalue weighted by atomic mass is 9.89. The maximum atomic E-state index is 12.5. The van der Waals surface area contributed by atoms with Crippen LogP contribution in [0.2, 0.25) is 0 Å². The third-order valence-electron chi connectivity index (χ3n) is 4.34. The maximum absolute atomic E-state index is 12.5. The second-order valence-electron chi connectivity index (χ2n) is 5.91. The van der Waals surface area contributed by atoms with E-state index in [4.69, 9.17) is 4.74 Å². The van der Waals surface area contributed by atoms with Crippen LogP contribution in [0.1, 0.15) is 33.2 Å². The van der Waals surface area contributed by atoms with E-state index < -0.39 is 41.0 Å². The van der Waals surface area contributed by atoms with Gasteiger partial charge in [0.15, 0.2) is 29.5 Å². The molecule has 6 N–H and O–H groups in total. The van der Waals surface area contributed by atoms with Crippen LogP contribution in [0.3, 0.4) is 0 Å². The molecule has 0 fully saturated rings. The van der Waals surface area contributed by atoms with E-state index in [2.05, 4.69) is 0 Å². The highest BCUT2D eigenvalue weighted by Gasteiger charge is 2.41. The van der Waals surface area contributed by atoms with Gasteiger partial charge in [0, 0.05) is 16.7 Å². The van der Waals surface area contributed by atoms with E-state index >= 15 is 0 Å². The molecule has 0 amide bonds. The number of hydrogen-bond donors (Lipinski definition) is 6. The molecule has 2 aromatic rings. The summed E-state index contributed by atoms with van der Waals surface area (Å²) in [6.07, 6.45) is -3.05. The molecule has 2 atom stereocenters. The molecule has 132 valence electrons. The lowest BCUT2D eigenvalue weighted by Crippen LogP contribution is -2.36. The van der Waals surface area contributed by atoms with Crippen LogP contribution in [0.4, 0.5) is 0 Å². The van der Waals surface area contributed by atoms with Gasteiger partial charge in [0.2, 0.25) is 5.78 Å². The van der Waals surface area contributed by atoms with Gasteiger partial charge in [0.1, 0.15) is 22.8 Å². The summed E-state index contributed by atoms with van der Waals surface area (Å²) in [5, 5.41) is 59.1. The van der Waals surface area contributed by atoms with Gasteiger partial charge in [-0.3, -0.25) is 4.79 Å². The van der Waals surface area contributed by atoms with Crippen molar-refractivity contribution in [2.75, 3.05) is 0 Å². The molecule has 0 saturated heterocycles. The van der Waals surface area contributed by atoms with Crippen molar-refractivity contribution in [1.82, 2.24) is 0 Å². The van der Waals surface area contributed by atoms with E-state index in [-0.39, 0.29) is 33.8 Å². The van der Waals surface area contributed by atoms with E-state index in [0.717, 1.165) is 12.1 Å². The van der Waals surface area contributed by atoms with E-state index in [9.17, 15) is 35.4 Å². The monoisotopic (exact) mass is 348 g/mol. The molecule has 0 aromatic heterocycles. The Morgan fingerprint density at radius 1 is 0.880 bits per heavy atom. The van der Waals surface area contributed by atoms with E-state index in [0.29, 0.717) is 0 Å². The standard InChI is InChI=1S/C17H16O8/c1-5-11(20)6(2)16-10(12(5)21)14(23)15(24)17(25-16)7-3-8(18)13(22)9(19)4-7/h3-4,15,17-22,24H,1-2H3. The predicted molar refractivity (Wildman–Crippen MR) is 84.4 cm³/mol. The summed E-state index contributed by atoms with van der Waals surface area (Å²) in [4.78, 5) is 12.5. The Labute approximate surface area is 141 Å². The smallest absolute Gasteiger partial charge is 0.202 e. The number of carbonyl (C=O) groups excluding carboxylic acids is 1. The van der Waals surface area contributed by atoms with Crippen molar-refractivity contribution in [3.05, 3.63) is 34.4 Å². The van der Waals surface area contributed by atoms with Crippen molar-refractivity contribution in [2.24, 2.45) is 0 Å².